The van der Waals surface area contributed by atoms with E-state index in [0.717, 1.165) is 10.2 Å². The zero-order valence-electron chi connectivity index (χ0n) is 11.2. The van der Waals surface area contributed by atoms with Crippen LogP contribution in [0.4, 0.5) is 5.69 Å². The third kappa shape index (κ3) is 5.36. The van der Waals surface area contributed by atoms with Gasteiger partial charge in [-0.05, 0) is 24.3 Å². The number of carbonyl (C=O) groups is 2. The van der Waals surface area contributed by atoms with Crippen molar-refractivity contribution in [3.05, 3.63) is 64.6 Å². The van der Waals surface area contributed by atoms with E-state index < -0.39 is 0 Å². The van der Waals surface area contributed by atoms with E-state index in [2.05, 4.69) is 21.2 Å². The van der Waals surface area contributed by atoms with E-state index in [-0.39, 0.29) is 17.4 Å². The third-order valence-corrected chi connectivity index (χ3v) is 4.15. The highest BCUT2D eigenvalue weighted by Gasteiger charge is 2.08. The molecule has 0 saturated heterocycles. The highest BCUT2D eigenvalue weighted by Crippen LogP contribution is 2.13. The quantitative estimate of drug-likeness (QED) is 0.788. The number of halogens is 1. The van der Waals surface area contributed by atoms with Crippen molar-refractivity contribution in [3.8, 4) is 0 Å². The molecule has 2 rings (SSSR count). The average Bonchev–Trinajstić information content (AvgIpc) is 2.49. The standard InChI is InChI=1S/C16H14BrNO2S/c17-13-8-6-12(7-9-13)15(19)10-21-11-16(20)18-14-4-2-1-3-5-14/h1-9H,10-11H2,(H,18,20). The van der Waals surface area contributed by atoms with Crippen LogP contribution in [0.2, 0.25) is 0 Å². The number of ketones is 1. The van der Waals surface area contributed by atoms with Gasteiger partial charge in [0.1, 0.15) is 0 Å². The monoisotopic (exact) mass is 363 g/mol. The summed E-state index contributed by atoms with van der Waals surface area (Å²) in [6.45, 7) is 0. The first-order valence-corrected chi connectivity index (χ1v) is 8.31. The highest BCUT2D eigenvalue weighted by molar-refractivity contribution is 9.10. The van der Waals surface area contributed by atoms with Gasteiger partial charge in [0.25, 0.3) is 0 Å². The van der Waals surface area contributed by atoms with Crippen LogP contribution in [0.3, 0.4) is 0 Å². The van der Waals surface area contributed by atoms with Crippen LogP contribution in [0.5, 0.6) is 0 Å². The molecular weight excluding hydrogens is 350 g/mol. The van der Waals surface area contributed by atoms with Gasteiger partial charge >= 0.3 is 0 Å². The fourth-order valence-electron chi connectivity index (χ4n) is 1.67. The van der Waals surface area contributed by atoms with Gasteiger partial charge in [-0.2, -0.15) is 0 Å². The second kappa shape index (κ2) is 8.00. The Morgan fingerprint density at radius 2 is 1.62 bits per heavy atom. The molecule has 5 heteroatoms. The third-order valence-electron chi connectivity index (χ3n) is 2.69. The van der Waals surface area contributed by atoms with Crippen molar-refractivity contribution in [2.24, 2.45) is 0 Å². The number of carbonyl (C=O) groups excluding carboxylic acids is 2. The number of amides is 1. The molecule has 0 bridgehead atoms. The van der Waals surface area contributed by atoms with E-state index >= 15 is 0 Å². The fraction of sp³-hybridized carbons (Fsp3) is 0.125. The molecule has 2 aromatic carbocycles. The normalized spacial score (nSPS) is 10.1. The zero-order valence-corrected chi connectivity index (χ0v) is 13.6. The highest BCUT2D eigenvalue weighted by atomic mass is 79.9. The van der Waals surface area contributed by atoms with Gasteiger partial charge in [0.2, 0.25) is 5.91 Å². The summed E-state index contributed by atoms with van der Waals surface area (Å²) in [7, 11) is 0. The van der Waals surface area contributed by atoms with Gasteiger partial charge in [-0.1, -0.05) is 46.3 Å². The molecular formula is C16H14BrNO2S. The SMILES string of the molecule is O=C(CSCC(=O)c1ccc(Br)cc1)Nc1ccccc1. The van der Waals surface area contributed by atoms with Crippen molar-refractivity contribution < 1.29 is 9.59 Å². The van der Waals surface area contributed by atoms with E-state index in [1.54, 1.807) is 12.1 Å². The Morgan fingerprint density at radius 3 is 2.29 bits per heavy atom. The Labute approximate surface area is 136 Å². The van der Waals surface area contributed by atoms with E-state index in [0.29, 0.717) is 11.3 Å². The molecule has 3 nitrogen and oxygen atoms in total. The predicted molar refractivity (Wildman–Crippen MR) is 90.9 cm³/mol. The lowest BCUT2D eigenvalue weighted by molar-refractivity contribution is -0.113. The van der Waals surface area contributed by atoms with E-state index in [9.17, 15) is 9.59 Å². The van der Waals surface area contributed by atoms with Crippen molar-refractivity contribution in [3.63, 3.8) is 0 Å². The summed E-state index contributed by atoms with van der Waals surface area (Å²) in [4.78, 5) is 23.7. The largest absolute Gasteiger partial charge is 0.325 e. The van der Waals surface area contributed by atoms with Crippen molar-refractivity contribution in [1.29, 1.82) is 0 Å². The Balaban J connectivity index is 1.75. The summed E-state index contributed by atoms with van der Waals surface area (Å²) in [5.74, 6) is 0.482. The summed E-state index contributed by atoms with van der Waals surface area (Å²) < 4.78 is 0.939. The molecule has 0 heterocycles. The van der Waals surface area contributed by atoms with Gasteiger partial charge in [0.15, 0.2) is 5.78 Å². The maximum atomic E-state index is 11.9. The molecule has 0 atom stereocenters. The van der Waals surface area contributed by atoms with E-state index in [4.69, 9.17) is 0 Å². The summed E-state index contributed by atoms with van der Waals surface area (Å²) >= 11 is 4.64. The maximum absolute atomic E-state index is 11.9. The van der Waals surface area contributed by atoms with Gasteiger partial charge < -0.3 is 5.32 Å². The molecule has 1 N–H and O–H groups in total. The topological polar surface area (TPSA) is 46.2 Å². The number of hydrogen-bond donors (Lipinski definition) is 1. The minimum atomic E-state index is -0.102. The number of benzene rings is 2. The number of anilines is 1. The second-order valence-electron chi connectivity index (χ2n) is 4.34. The summed E-state index contributed by atoms with van der Waals surface area (Å²) in [6, 6.07) is 16.5. The first-order chi connectivity index (χ1) is 10.1. The Hall–Kier alpha value is -1.59. The van der Waals surface area contributed by atoms with Crippen molar-refractivity contribution in [1.82, 2.24) is 0 Å². The first kappa shape index (κ1) is 15.8. The van der Waals surface area contributed by atoms with Crippen molar-refractivity contribution in [2.45, 2.75) is 0 Å². The first-order valence-electron chi connectivity index (χ1n) is 6.36. The molecule has 0 fully saturated rings. The Bertz CT molecular complexity index is 614. The number of para-hydroxylation sites is 1. The molecule has 0 unspecified atom stereocenters. The minimum Gasteiger partial charge on any atom is -0.325 e. The van der Waals surface area contributed by atoms with E-state index in [1.165, 1.54) is 11.8 Å². The fourth-order valence-corrected chi connectivity index (χ4v) is 2.65. The number of Topliss-reactive ketones (excluding diaryl/α,β-unsaturated/α-hetero) is 1. The summed E-state index contributed by atoms with van der Waals surface area (Å²) in [5.41, 5.74) is 1.43. The number of thioether (sulfide) groups is 1. The van der Waals surface area contributed by atoms with Crippen LogP contribution in [0.25, 0.3) is 0 Å². The minimum absolute atomic E-state index is 0.0278. The molecule has 0 aromatic heterocycles. The van der Waals surface area contributed by atoms with Crippen molar-refractivity contribution >= 4 is 45.1 Å². The van der Waals surface area contributed by atoms with Crippen LogP contribution in [-0.4, -0.2) is 23.2 Å². The van der Waals surface area contributed by atoms with Crippen LogP contribution in [0.15, 0.2) is 59.1 Å². The van der Waals surface area contributed by atoms with E-state index in [1.807, 2.05) is 42.5 Å². The predicted octanol–water partition coefficient (Wildman–Crippen LogP) is 4.00. The average molecular weight is 364 g/mol. The molecule has 0 aliphatic carbocycles. The smallest absolute Gasteiger partial charge is 0.234 e. The Kier molecular flexibility index (Phi) is 6.02. The van der Waals surface area contributed by atoms with Crippen LogP contribution < -0.4 is 5.32 Å². The molecule has 0 radical (unpaired) electrons. The Morgan fingerprint density at radius 1 is 0.952 bits per heavy atom. The number of hydrogen-bond acceptors (Lipinski definition) is 3. The van der Waals surface area contributed by atoms with Gasteiger partial charge in [0, 0.05) is 15.7 Å². The van der Waals surface area contributed by atoms with Gasteiger partial charge in [-0.25, -0.2) is 0 Å². The lowest BCUT2D eigenvalue weighted by Gasteiger charge is -2.05. The molecule has 108 valence electrons. The lowest BCUT2D eigenvalue weighted by atomic mass is 10.2. The van der Waals surface area contributed by atoms with Gasteiger partial charge in [-0.15, -0.1) is 11.8 Å². The van der Waals surface area contributed by atoms with Crippen LogP contribution in [0, 0.1) is 0 Å². The van der Waals surface area contributed by atoms with Gasteiger partial charge in [0.05, 0.1) is 11.5 Å². The van der Waals surface area contributed by atoms with Crippen LogP contribution in [-0.2, 0) is 4.79 Å². The molecule has 1 amide bonds. The summed E-state index contributed by atoms with van der Waals surface area (Å²) in [6.07, 6.45) is 0. The number of nitrogens with one attached hydrogen (secondary N) is 1. The zero-order chi connectivity index (χ0) is 15.1. The van der Waals surface area contributed by atoms with Crippen LogP contribution in [0.1, 0.15) is 10.4 Å². The molecule has 0 aliphatic heterocycles. The summed E-state index contributed by atoms with van der Waals surface area (Å²) in [5, 5.41) is 2.79. The molecule has 21 heavy (non-hydrogen) atoms. The number of rotatable bonds is 6. The molecule has 2 aromatic rings. The van der Waals surface area contributed by atoms with Crippen LogP contribution >= 0.6 is 27.7 Å². The molecule has 0 aliphatic rings. The second-order valence-corrected chi connectivity index (χ2v) is 6.24. The molecule has 0 spiro atoms. The van der Waals surface area contributed by atoms with Crippen molar-refractivity contribution in [2.75, 3.05) is 16.8 Å². The van der Waals surface area contributed by atoms with Gasteiger partial charge in [-0.3, -0.25) is 9.59 Å². The molecule has 0 saturated carbocycles. The lowest BCUT2D eigenvalue weighted by Crippen LogP contribution is -2.15. The maximum Gasteiger partial charge on any atom is 0.234 e.